The van der Waals surface area contributed by atoms with Gasteiger partial charge in [-0.05, 0) is 11.1 Å². The Morgan fingerprint density at radius 2 is 2.00 bits per heavy atom. The van der Waals surface area contributed by atoms with Crippen LogP contribution in [0.4, 0.5) is 0 Å². The van der Waals surface area contributed by atoms with E-state index < -0.39 is 11.1 Å². The standard InChI is InChI=1S/CH4O2S2.Na/c2-5(3)1-4;/h4H,1H2,(H,2,3);/q;+1/p-1. The van der Waals surface area contributed by atoms with Crippen LogP contribution in [-0.2, 0) is 11.1 Å². The molecule has 0 rings (SSSR count). The summed E-state index contributed by atoms with van der Waals surface area (Å²) in [6.07, 6.45) is 0. The fraction of sp³-hybridized carbons (Fsp3) is 1.00. The molecule has 0 aliphatic heterocycles. The monoisotopic (exact) mass is 134 g/mol. The van der Waals surface area contributed by atoms with E-state index in [0.717, 1.165) is 0 Å². The van der Waals surface area contributed by atoms with Gasteiger partial charge in [0.25, 0.3) is 0 Å². The smallest absolute Gasteiger partial charge is 0.772 e. The first kappa shape index (κ1) is 10.4. The van der Waals surface area contributed by atoms with E-state index in [-0.39, 0.29) is 34.6 Å². The maximum Gasteiger partial charge on any atom is 1.00 e. The Morgan fingerprint density at radius 1 is 1.83 bits per heavy atom. The zero-order valence-electron chi connectivity index (χ0n) is 3.38. The van der Waals surface area contributed by atoms with Crippen LogP contribution in [-0.4, -0.2) is 13.8 Å². The van der Waals surface area contributed by atoms with Gasteiger partial charge in [0.2, 0.25) is 0 Å². The minimum absolute atomic E-state index is 0. The van der Waals surface area contributed by atoms with Gasteiger partial charge in [0, 0.05) is 0 Å². The first-order valence-corrected chi connectivity index (χ1v) is 2.81. The number of hydrogen-bond donors (Lipinski definition) is 1. The van der Waals surface area contributed by atoms with Gasteiger partial charge in [0.05, 0.1) is 5.08 Å². The molecular formula is CH3NaO2S2. The number of rotatable bonds is 1. The van der Waals surface area contributed by atoms with E-state index in [1.165, 1.54) is 0 Å². The van der Waals surface area contributed by atoms with Crippen molar-refractivity contribution < 1.29 is 38.3 Å². The molecule has 0 amide bonds. The van der Waals surface area contributed by atoms with Gasteiger partial charge >= 0.3 is 29.6 Å². The van der Waals surface area contributed by atoms with Gasteiger partial charge < -0.3 is 4.55 Å². The van der Waals surface area contributed by atoms with E-state index in [1.807, 2.05) is 0 Å². The Labute approximate surface area is 66.7 Å². The molecule has 1 atom stereocenters. The van der Waals surface area contributed by atoms with Gasteiger partial charge in [-0.25, -0.2) is 0 Å². The van der Waals surface area contributed by atoms with Gasteiger partial charge in [-0.3, -0.25) is 4.21 Å². The summed E-state index contributed by atoms with van der Waals surface area (Å²) in [5.74, 6) is 0. The van der Waals surface area contributed by atoms with Crippen LogP contribution < -0.4 is 29.6 Å². The van der Waals surface area contributed by atoms with E-state index >= 15 is 0 Å². The summed E-state index contributed by atoms with van der Waals surface area (Å²) in [6.45, 7) is 0. The first-order valence-electron chi connectivity index (χ1n) is 0.938. The Bertz CT molecular complexity index is 46.8. The molecule has 32 valence electrons. The Hall–Kier alpha value is 1.46. The van der Waals surface area contributed by atoms with Crippen LogP contribution in [0.15, 0.2) is 0 Å². The van der Waals surface area contributed by atoms with Crippen molar-refractivity contribution in [3.8, 4) is 0 Å². The van der Waals surface area contributed by atoms with Crippen molar-refractivity contribution in [2.75, 3.05) is 5.08 Å². The molecule has 0 aromatic rings. The van der Waals surface area contributed by atoms with Crippen LogP contribution in [0.25, 0.3) is 0 Å². The van der Waals surface area contributed by atoms with Crippen molar-refractivity contribution >= 4 is 23.7 Å². The predicted octanol–water partition coefficient (Wildman–Crippen LogP) is -3.24. The number of hydrogen-bond acceptors (Lipinski definition) is 3. The van der Waals surface area contributed by atoms with E-state index in [9.17, 15) is 8.76 Å². The number of thiol groups is 1. The Balaban J connectivity index is 0. The summed E-state index contributed by atoms with van der Waals surface area (Å²) < 4.78 is 18.6. The Kier molecular flexibility index (Phi) is 11.2. The molecule has 6 heavy (non-hydrogen) atoms. The molecule has 0 saturated carbocycles. The predicted molar refractivity (Wildman–Crippen MR) is 22.8 cm³/mol. The van der Waals surface area contributed by atoms with Crippen LogP contribution in [0.1, 0.15) is 0 Å². The summed E-state index contributed by atoms with van der Waals surface area (Å²) in [4.78, 5) is 0. The summed E-state index contributed by atoms with van der Waals surface area (Å²) in [7, 11) is 0. The van der Waals surface area contributed by atoms with Crippen LogP contribution >= 0.6 is 12.6 Å². The molecule has 0 fully saturated rings. The third-order valence-corrected chi connectivity index (χ3v) is 0.949. The topological polar surface area (TPSA) is 40.1 Å². The zero-order valence-corrected chi connectivity index (χ0v) is 7.09. The largest absolute Gasteiger partial charge is 1.00 e. The van der Waals surface area contributed by atoms with Crippen molar-refractivity contribution in [3.63, 3.8) is 0 Å². The third kappa shape index (κ3) is 9.07. The summed E-state index contributed by atoms with van der Waals surface area (Å²) >= 11 is 1.44. The molecule has 0 radical (unpaired) electrons. The van der Waals surface area contributed by atoms with Gasteiger partial charge in [-0.15, -0.1) is 0 Å². The molecule has 0 N–H and O–H groups in total. The molecule has 0 saturated heterocycles. The molecular weight excluding hydrogens is 131 g/mol. The molecule has 0 aliphatic rings. The van der Waals surface area contributed by atoms with E-state index in [0.29, 0.717) is 0 Å². The van der Waals surface area contributed by atoms with Gasteiger partial charge in [0.1, 0.15) is 0 Å². The van der Waals surface area contributed by atoms with Gasteiger partial charge in [0.15, 0.2) is 0 Å². The van der Waals surface area contributed by atoms with Crippen LogP contribution in [0, 0.1) is 0 Å². The second kappa shape index (κ2) is 6.46. The molecule has 0 bridgehead atoms. The maximum atomic E-state index is 9.29. The summed E-state index contributed by atoms with van der Waals surface area (Å²) in [6, 6.07) is 0. The fourth-order valence-electron chi connectivity index (χ4n) is 0. The van der Waals surface area contributed by atoms with Crippen molar-refractivity contribution in [1.82, 2.24) is 0 Å². The van der Waals surface area contributed by atoms with Gasteiger partial charge in [-0.2, -0.15) is 12.6 Å². The Morgan fingerprint density at radius 3 is 2.00 bits per heavy atom. The third-order valence-electron chi connectivity index (χ3n) is 0.105. The molecule has 2 nitrogen and oxygen atoms in total. The van der Waals surface area contributed by atoms with Gasteiger partial charge in [-0.1, -0.05) is 0 Å². The summed E-state index contributed by atoms with van der Waals surface area (Å²) in [5, 5.41) is -0.0833. The molecule has 0 heterocycles. The maximum absolute atomic E-state index is 9.29. The quantitative estimate of drug-likeness (QED) is 0.232. The normalized spacial score (nSPS) is 12.3. The molecule has 0 spiro atoms. The van der Waals surface area contributed by atoms with E-state index in [1.54, 1.807) is 0 Å². The van der Waals surface area contributed by atoms with E-state index in [2.05, 4.69) is 12.6 Å². The molecule has 0 aromatic heterocycles. The first-order chi connectivity index (χ1) is 2.27. The minimum Gasteiger partial charge on any atom is -0.772 e. The fourth-order valence-corrected chi connectivity index (χ4v) is 0. The van der Waals surface area contributed by atoms with Crippen molar-refractivity contribution in [3.05, 3.63) is 0 Å². The average molecular weight is 134 g/mol. The van der Waals surface area contributed by atoms with Crippen LogP contribution in [0.3, 0.4) is 0 Å². The van der Waals surface area contributed by atoms with E-state index in [4.69, 9.17) is 0 Å². The van der Waals surface area contributed by atoms with Crippen molar-refractivity contribution in [1.29, 1.82) is 0 Å². The molecule has 5 heteroatoms. The molecule has 0 aliphatic carbocycles. The molecule has 1 unspecified atom stereocenters. The second-order valence-corrected chi connectivity index (χ2v) is 2.07. The average Bonchev–Trinajstić information content (AvgIpc) is 1.38. The van der Waals surface area contributed by atoms with Crippen molar-refractivity contribution in [2.45, 2.75) is 0 Å². The van der Waals surface area contributed by atoms with Crippen molar-refractivity contribution in [2.24, 2.45) is 0 Å². The SMILES string of the molecule is O=S([O-])CS.[Na+]. The summed E-state index contributed by atoms with van der Waals surface area (Å²) in [5.41, 5.74) is 0. The minimum atomic E-state index is -1.96. The van der Waals surface area contributed by atoms with Crippen LogP contribution in [0.5, 0.6) is 0 Å². The van der Waals surface area contributed by atoms with Crippen LogP contribution in [0.2, 0.25) is 0 Å². The second-order valence-electron chi connectivity index (χ2n) is 0.433. The molecule has 0 aromatic carbocycles. The zero-order chi connectivity index (χ0) is 4.28.